The molecule has 0 fully saturated rings. The first kappa shape index (κ1) is 18.5. The Balaban J connectivity index is 0.00000192. The number of nitrogens with zero attached hydrogens (tertiary/aromatic N) is 2. The molecule has 0 unspecified atom stereocenters. The highest BCUT2D eigenvalue weighted by Gasteiger charge is 2.35. The predicted octanol–water partition coefficient (Wildman–Crippen LogP) is 5.34. The van der Waals surface area contributed by atoms with Crippen LogP contribution in [0.25, 0.3) is 22.0 Å². The molecule has 0 bridgehead atoms. The van der Waals surface area contributed by atoms with Gasteiger partial charge in [0, 0.05) is 10.9 Å². The molecule has 138 valence electrons. The van der Waals surface area contributed by atoms with E-state index in [1.807, 2.05) is 23.6 Å². The van der Waals surface area contributed by atoms with Gasteiger partial charge in [0.1, 0.15) is 5.01 Å². The van der Waals surface area contributed by atoms with Crippen molar-refractivity contribution in [2.75, 3.05) is 0 Å². The summed E-state index contributed by atoms with van der Waals surface area (Å²) in [5.74, 6) is -0.504. The minimum Gasteiger partial charge on any atom is -0.269 e. The van der Waals surface area contributed by atoms with E-state index in [0.29, 0.717) is 11.1 Å². The maximum absolute atomic E-state index is 12.5. The lowest BCUT2D eigenvalue weighted by molar-refractivity contribution is 0.0642. The number of hydrogen-bond acceptors (Lipinski definition) is 4. The molecule has 5 rings (SSSR count). The second-order valence-corrected chi connectivity index (χ2v) is 7.37. The number of rotatable bonds is 3. The van der Waals surface area contributed by atoms with E-state index in [9.17, 15) is 9.59 Å². The van der Waals surface area contributed by atoms with Gasteiger partial charge in [0.25, 0.3) is 11.8 Å². The molecule has 0 N–H and O–H groups in total. The third-order valence-corrected chi connectivity index (χ3v) is 5.60. The smallest absolute Gasteiger partial charge is 0.261 e. The van der Waals surface area contributed by atoms with Crippen LogP contribution in [0.1, 0.15) is 25.7 Å². The van der Waals surface area contributed by atoms with Gasteiger partial charge in [0.2, 0.25) is 0 Å². The van der Waals surface area contributed by atoms with E-state index in [-0.39, 0.29) is 35.3 Å². The lowest BCUT2D eigenvalue weighted by atomic mass is 10.1. The van der Waals surface area contributed by atoms with Gasteiger partial charge in [-0.3, -0.25) is 14.5 Å². The zero-order chi connectivity index (χ0) is 18.4. The molecule has 4 aromatic rings. The number of carbonyl (C=O) groups is 2. The van der Waals surface area contributed by atoms with Gasteiger partial charge in [-0.1, -0.05) is 48.5 Å². The third-order valence-electron chi connectivity index (χ3n) is 4.77. The van der Waals surface area contributed by atoms with Gasteiger partial charge < -0.3 is 0 Å². The summed E-state index contributed by atoms with van der Waals surface area (Å²) in [7, 11) is 0. The standard InChI is InChI=1S/C22H14N2O2S.BrH/c25-21-17-7-3-4-8-18(17)22(26)24(21)12-20-23-19(13-27-20)16-10-9-14-5-1-2-6-15(14)11-16;/h1-11,13H,12H2;1H. The van der Waals surface area contributed by atoms with Crippen LogP contribution >= 0.6 is 28.3 Å². The highest BCUT2D eigenvalue weighted by Crippen LogP contribution is 2.28. The van der Waals surface area contributed by atoms with E-state index in [1.165, 1.54) is 21.6 Å². The zero-order valence-electron chi connectivity index (χ0n) is 14.7. The summed E-state index contributed by atoms with van der Waals surface area (Å²) < 4.78 is 0. The molecule has 6 heteroatoms. The summed E-state index contributed by atoms with van der Waals surface area (Å²) in [6, 6.07) is 21.3. The molecule has 1 aliphatic heterocycles. The Hall–Kier alpha value is -2.83. The van der Waals surface area contributed by atoms with E-state index < -0.39 is 0 Å². The number of aromatic nitrogens is 1. The van der Waals surface area contributed by atoms with Crippen molar-refractivity contribution in [3.8, 4) is 11.3 Å². The fraction of sp³-hybridized carbons (Fsp3) is 0.0455. The Kier molecular flexibility index (Phi) is 4.83. The van der Waals surface area contributed by atoms with Gasteiger partial charge in [-0.15, -0.1) is 28.3 Å². The average Bonchev–Trinajstić information content (AvgIpc) is 3.27. The van der Waals surface area contributed by atoms with Gasteiger partial charge in [-0.05, 0) is 29.0 Å². The molecule has 1 aliphatic rings. The van der Waals surface area contributed by atoms with E-state index in [1.54, 1.807) is 24.3 Å². The number of imide groups is 1. The van der Waals surface area contributed by atoms with E-state index in [2.05, 4.69) is 29.2 Å². The second-order valence-electron chi connectivity index (χ2n) is 6.43. The molecule has 1 aromatic heterocycles. The first-order valence-corrected chi connectivity index (χ1v) is 9.47. The van der Waals surface area contributed by atoms with Gasteiger partial charge in [0.05, 0.1) is 23.4 Å². The fourth-order valence-electron chi connectivity index (χ4n) is 3.38. The van der Waals surface area contributed by atoms with Crippen LogP contribution in [0.5, 0.6) is 0 Å². The van der Waals surface area contributed by atoms with Crippen molar-refractivity contribution in [1.29, 1.82) is 0 Å². The minimum atomic E-state index is -0.252. The lowest BCUT2D eigenvalue weighted by Crippen LogP contribution is -2.29. The molecule has 0 spiro atoms. The van der Waals surface area contributed by atoms with Gasteiger partial charge >= 0.3 is 0 Å². The molecule has 4 nitrogen and oxygen atoms in total. The molecule has 2 amide bonds. The molecule has 0 saturated carbocycles. The Morgan fingerprint density at radius 2 is 1.46 bits per heavy atom. The highest BCUT2D eigenvalue weighted by atomic mass is 79.9. The topological polar surface area (TPSA) is 50.3 Å². The fourth-order valence-corrected chi connectivity index (χ4v) is 4.17. The first-order valence-electron chi connectivity index (χ1n) is 8.59. The van der Waals surface area contributed by atoms with Crippen LogP contribution in [-0.2, 0) is 6.54 Å². The number of thiazole rings is 1. The molecular formula is C22H15BrN2O2S. The highest BCUT2D eigenvalue weighted by molar-refractivity contribution is 8.93. The molecule has 0 aliphatic carbocycles. The van der Waals surface area contributed by atoms with E-state index in [4.69, 9.17) is 0 Å². The SMILES string of the molecule is Br.O=C1c2ccccc2C(=O)N1Cc1nc(-c2ccc3ccccc3c2)cs1. The van der Waals surface area contributed by atoms with Crippen LogP contribution in [0.2, 0.25) is 0 Å². The Morgan fingerprint density at radius 1 is 0.821 bits per heavy atom. The summed E-state index contributed by atoms with van der Waals surface area (Å²) in [6.45, 7) is 0.199. The van der Waals surface area contributed by atoms with Crippen LogP contribution < -0.4 is 0 Å². The summed E-state index contributed by atoms with van der Waals surface area (Å²) in [6.07, 6.45) is 0. The first-order chi connectivity index (χ1) is 13.2. The minimum absolute atomic E-state index is 0. The number of amides is 2. The second kappa shape index (κ2) is 7.30. The number of fused-ring (bicyclic) bond motifs is 2. The summed E-state index contributed by atoms with van der Waals surface area (Å²) in [5, 5.41) is 5.05. The molecule has 0 radical (unpaired) electrons. The van der Waals surface area contributed by atoms with E-state index >= 15 is 0 Å². The normalized spacial score (nSPS) is 12.9. The number of halogens is 1. The van der Waals surface area contributed by atoms with E-state index in [0.717, 1.165) is 21.7 Å². The molecule has 3 aromatic carbocycles. The summed E-state index contributed by atoms with van der Waals surface area (Å²) in [5.41, 5.74) is 2.82. The maximum atomic E-state index is 12.5. The molecule has 0 saturated heterocycles. The van der Waals surface area contributed by atoms with Crippen molar-refractivity contribution in [2.24, 2.45) is 0 Å². The molecule has 0 atom stereocenters. The number of hydrogen-bond donors (Lipinski definition) is 0. The zero-order valence-corrected chi connectivity index (χ0v) is 17.2. The van der Waals surface area contributed by atoms with Gasteiger partial charge in [-0.2, -0.15) is 0 Å². The molecular weight excluding hydrogens is 436 g/mol. The van der Waals surface area contributed by atoms with Crippen molar-refractivity contribution in [1.82, 2.24) is 9.88 Å². The van der Waals surface area contributed by atoms with Crippen LogP contribution in [-0.4, -0.2) is 21.7 Å². The van der Waals surface area contributed by atoms with Crippen LogP contribution in [0.3, 0.4) is 0 Å². The number of benzene rings is 3. The van der Waals surface area contributed by atoms with Crippen LogP contribution in [0.4, 0.5) is 0 Å². The van der Waals surface area contributed by atoms with Gasteiger partial charge in [0.15, 0.2) is 0 Å². The Bertz CT molecular complexity index is 1180. The molecule has 28 heavy (non-hydrogen) atoms. The van der Waals surface area contributed by atoms with Crippen LogP contribution in [0.15, 0.2) is 72.1 Å². The van der Waals surface area contributed by atoms with Gasteiger partial charge in [-0.25, -0.2) is 4.98 Å². The largest absolute Gasteiger partial charge is 0.269 e. The summed E-state index contributed by atoms with van der Waals surface area (Å²) in [4.78, 5) is 31.0. The van der Waals surface area contributed by atoms with Crippen molar-refractivity contribution in [3.05, 3.63) is 88.2 Å². The maximum Gasteiger partial charge on any atom is 0.261 e. The third kappa shape index (κ3) is 3.04. The molecule has 2 heterocycles. The van der Waals surface area contributed by atoms with Crippen molar-refractivity contribution >= 4 is 50.9 Å². The average molecular weight is 451 g/mol. The number of carbonyl (C=O) groups excluding carboxylic acids is 2. The Labute approximate surface area is 176 Å². The van der Waals surface area contributed by atoms with Crippen LogP contribution in [0, 0.1) is 0 Å². The Morgan fingerprint density at radius 3 is 2.18 bits per heavy atom. The monoisotopic (exact) mass is 450 g/mol. The predicted molar refractivity (Wildman–Crippen MR) is 116 cm³/mol. The van der Waals surface area contributed by atoms with Crippen molar-refractivity contribution < 1.29 is 9.59 Å². The van der Waals surface area contributed by atoms with Crippen molar-refractivity contribution in [3.63, 3.8) is 0 Å². The van der Waals surface area contributed by atoms with Crippen molar-refractivity contribution in [2.45, 2.75) is 6.54 Å². The summed E-state index contributed by atoms with van der Waals surface area (Å²) >= 11 is 1.46. The lowest BCUT2D eigenvalue weighted by Gasteiger charge is -2.11. The quantitative estimate of drug-likeness (QED) is 0.396.